The highest BCUT2D eigenvalue weighted by Crippen LogP contribution is 2.10. The van der Waals surface area contributed by atoms with E-state index in [1.54, 1.807) is 0 Å². The fourth-order valence-electron chi connectivity index (χ4n) is 2.82. The maximum atomic E-state index is 11.2. The van der Waals surface area contributed by atoms with E-state index in [0.29, 0.717) is 6.42 Å². The van der Waals surface area contributed by atoms with Crippen molar-refractivity contribution in [2.75, 3.05) is 32.7 Å². The Hall–Kier alpha value is -1.39. The van der Waals surface area contributed by atoms with Crippen LogP contribution in [0.15, 0.2) is 30.3 Å². The lowest BCUT2D eigenvalue weighted by atomic mass is 10.1. The minimum Gasteiger partial charge on any atom is -0.480 e. The van der Waals surface area contributed by atoms with Crippen LogP contribution in [0.2, 0.25) is 0 Å². The average Bonchev–Trinajstić information content (AvgIpc) is 2.48. The van der Waals surface area contributed by atoms with Crippen molar-refractivity contribution >= 4 is 5.97 Å². The van der Waals surface area contributed by atoms with Gasteiger partial charge in [-0.15, -0.1) is 0 Å². The summed E-state index contributed by atoms with van der Waals surface area (Å²) in [6.07, 6.45) is 1.75. The van der Waals surface area contributed by atoms with E-state index in [1.807, 2.05) is 13.0 Å². The molecule has 0 spiro atoms. The summed E-state index contributed by atoms with van der Waals surface area (Å²) in [5.41, 5.74) is 1.37. The quantitative estimate of drug-likeness (QED) is 0.859. The number of nitrogens with zero attached hydrogens (tertiary/aromatic N) is 2. The first-order chi connectivity index (χ1) is 9.70. The van der Waals surface area contributed by atoms with Crippen molar-refractivity contribution in [1.29, 1.82) is 0 Å². The molecule has 1 N–H and O–H groups in total. The van der Waals surface area contributed by atoms with E-state index in [-0.39, 0.29) is 6.04 Å². The molecule has 2 rings (SSSR count). The molecule has 4 nitrogen and oxygen atoms in total. The fourth-order valence-corrected chi connectivity index (χ4v) is 2.82. The molecule has 0 radical (unpaired) electrons. The van der Waals surface area contributed by atoms with Crippen LogP contribution in [0.4, 0.5) is 0 Å². The highest BCUT2D eigenvalue weighted by atomic mass is 16.4. The normalized spacial score (nSPS) is 18.9. The second kappa shape index (κ2) is 7.41. The molecule has 0 bridgehead atoms. The van der Waals surface area contributed by atoms with Gasteiger partial charge in [-0.1, -0.05) is 37.3 Å². The minimum atomic E-state index is -0.690. The Balaban J connectivity index is 1.75. The molecular formula is C16H24N2O2. The molecular weight excluding hydrogens is 252 g/mol. The summed E-state index contributed by atoms with van der Waals surface area (Å²) in [7, 11) is 0. The van der Waals surface area contributed by atoms with E-state index in [2.05, 4.69) is 34.1 Å². The molecule has 1 aromatic carbocycles. The van der Waals surface area contributed by atoms with Crippen LogP contribution in [-0.2, 0) is 11.2 Å². The molecule has 0 amide bonds. The van der Waals surface area contributed by atoms with Crippen molar-refractivity contribution < 1.29 is 9.90 Å². The van der Waals surface area contributed by atoms with Crippen LogP contribution < -0.4 is 0 Å². The van der Waals surface area contributed by atoms with Crippen molar-refractivity contribution in [3.05, 3.63) is 35.9 Å². The van der Waals surface area contributed by atoms with Crippen molar-refractivity contribution in [1.82, 2.24) is 9.80 Å². The van der Waals surface area contributed by atoms with Crippen LogP contribution in [0.3, 0.4) is 0 Å². The maximum Gasteiger partial charge on any atom is 0.320 e. The van der Waals surface area contributed by atoms with Gasteiger partial charge in [-0.2, -0.15) is 0 Å². The second-order valence-electron chi connectivity index (χ2n) is 5.38. The summed E-state index contributed by atoms with van der Waals surface area (Å²) >= 11 is 0. The van der Waals surface area contributed by atoms with Gasteiger partial charge in [-0.3, -0.25) is 9.69 Å². The number of hydrogen-bond acceptors (Lipinski definition) is 3. The molecule has 1 aromatic rings. The van der Waals surface area contributed by atoms with Gasteiger partial charge in [0.1, 0.15) is 6.04 Å². The van der Waals surface area contributed by atoms with Gasteiger partial charge in [-0.05, 0) is 18.4 Å². The van der Waals surface area contributed by atoms with Crippen molar-refractivity contribution in [2.45, 2.75) is 25.8 Å². The van der Waals surface area contributed by atoms with Gasteiger partial charge in [0.25, 0.3) is 0 Å². The zero-order valence-corrected chi connectivity index (χ0v) is 12.2. The van der Waals surface area contributed by atoms with E-state index in [0.717, 1.165) is 39.1 Å². The van der Waals surface area contributed by atoms with Crippen molar-refractivity contribution in [3.8, 4) is 0 Å². The molecule has 1 atom stereocenters. The lowest BCUT2D eigenvalue weighted by Crippen LogP contribution is -2.52. The standard InChI is InChI=1S/C16H24N2O2/c1-2-15(16(19)20)18-12-10-17(11-13-18)9-8-14-6-4-3-5-7-14/h3-7,15H,2,8-13H2,1H3,(H,19,20)/t15-/m1/s1. The molecule has 110 valence electrons. The molecule has 0 saturated carbocycles. The fraction of sp³-hybridized carbons (Fsp3) is 0.562. The summed E-state index contributed by atoms with van der Waals surface area (Å²) in [6, 6.07) is 10.2. The lowest BCUT2D eigenvalue weighted by Gasteiger charge is -2.37. The van der Waals surface area contributed by atoms with Crippen LogP contribution in [0.25, 0.3) is 0 Å². The Morgan fingerprint density at radius 2 is 1.85 bits per heavy atom. The van der Waals surface area contributed by atoms with Crippen LogP contribution in [-0.4, -0.2) is 59.6 Å². The number of carboxylic acids is 1. The van der Waals surface area contributed by atoms with Crippen molar-refractivity contribution in [3.63, 3.8) is 0 Å². The van der Waals surface area contributed by atoms with E-state index < -0.39 is 5.97 Å². The SMILES string of the molecule is CC[C@H](C(=O)O)N1CCN(CCc2ccccc2)CC1. The third kappa shape index (κ3) is 4.05. The second-order valence-corrected chi connectivity index (χ2v) is 5.38. The zero-order chi connectivity index (χ0) is 14.4. The largest absolute Gasteiger partial charge is 0.480 e. The summed E-state index contributed by atoms with van der Waals surface area (Å²) in [4.78, 5) is 15.7. The lowest BCUT2D eigenvalue weighted by molar-refractivity contribution is -0.144. The Morgan fingerprint density at radius 3 is 2.40 bits per heavy atom. The van der Waals surface area contributed by atoms with E-state index in [1.165, 1.54) is 5.56 Å². The highest BCUT2D eigenvalue weighted by molar-refractivity contribution is 5.73. The molecule has 20 heavy (non-hydrogen) atoms. The number of hydrogen-bond donors (Lipinski definition) is 1. The highest BCUT2D eigenvalue weighted by Gasteiger charge is 2.26. The van der Waals surface area contributed by atoms with Crippen LogP contribution in [0, 0.1) is 0 Å². The van der Waals surface area contributed by atoms with Crippen LogP contribution in [0.1, 0.15) is 18.9 Å². The summed E-state index contributed by atoms with van der Waals surface area (Å²) < 4.78 is 0. The molecule has 0 unspecified atom stereocenters. The first-order valence-corrected chi connectivity index (χ1v) is 7.44. The minimum absolute atomic E-state index is 0.314. The third-order valence-electron chi connectivity index (χ3n) is 4.08. The zero-order valence-electron chi connectivity index (χ0n) is 12.2. The summed E-state index contributed by atoms with van der Waals surface area (Å²) in [6.45, 7) is 6.66. The van der Waals surface area contributed by atoms with Gasteiger partial charge >= 0.3 is 5.97 Å². The molecule has 1 saturated heterocycles. The smallest absolute Gasteiger partial charge is 0.320 e. The Kier molecular flexibility index (Phi) is 5.56. The number of aliphatic carboxylic acids is 1. The number of benzene rings is 1. The number of piperazine rings is 1. The van der Waals surface area contributed by atoms with E-state index in [9.17, 15) is 9.90 Å². The average molecular weight is 276 g/mol. The van der Waals surface area contributed by atoms with Gasteiger partial charge in [0, 0.05) is 32.7 Å². The van der Waals surface area contributed by atoms with E-state index in [4.69, 9.17) is 0 Å². The monoisotopic (exact) mass is 276 g/mol. The van der Waals surface area contributed by atoms with Gasteiger partial charge < -0.3 is 10.0 Å². The number of carbonyl (C=O) groups is 1. The molecule has 1 aliphatic rings. The predicted molar refractivity (Wildman–Crippen MR) is 79.9 cm³/mol. The van der Waals surface area contributed by atoms with Gasteiger partial charge in [0.15, 0.2) is 0 Å². The Bertz CT molecular complexity index is 414. The molecule has 1 aliphatic heterocycles. The topological polar surface area (TPSA) is 43.8 Å². The molecule has 0 aliphatic carbocycles. The third-order valence-corrected chi connectivity index (χ3v) is 4.08. The first-order valence-electron chi connectivity index (χ1n) is 7.44. The van der Waals surface area contributed by atoms with Gasteiger partial charge in [0.05, 0.1) is 0 Å². The Labute approximate surface area is 121 Å². The Morgan fingerprint density at radius 1 is 1.20 bits per heavy atom. The molecule has 0 aromatic heterocycles. The summed E-state index contributed by atoms with van der Waals surface area (Å²) in [5.74, 6) is -0.690. The number of carboxylic acid groups (broad SMARTS) is 1. The summed E-state index contributed by atoms with van der Waals surface area (Å²) in [5, 5.41) is 9.19. The van der Waals surface area contributed by atoms with Crippen LogP contribution >= 0.6 is 0 Å². The maximum absolute atomic E-state index is 11.2. The van der Waals surface area contributed by atoms with Gasteiger partial charge in [-0.25, -0.2) is 0 Å². The van der Waals surface area contributed by atoms with Crippen molar-refractivity contribution in [2.24, 2.45) is 0 Å². The van der Waals surface area contributed by atoms with E-state index >= 15 is 0 Å². The molecule has 4 heteroatoms. The first kappa shape index (κ1) is 15.0. The molecule has 1 fully saturated rings. The predicted octanol–water partition coefficient (Wildman–Crippen LogP) is 1.71. The number of rotatable bonds is 6. The van der Waals surface area contributed by atoms with Crippen LogP contribution in [0.5, 0.6) is 0 Å². The molecule has 1 heterocycles. The van der Waals surface area contributed by atoms with Gasteiger partial charge in [0.2, 0.25) is 0 Å².